The van der Waals surface area contributed by atoms with Crippen molar-refractivity contribution in [2.75, 3.05) is 6.54 Å². The molecule has 0 radical (unpaired) electrons. The van der Waals surface area contributed by atoms with Crippen LogP contribution in [0, 0.1) is 46.8 Å². The van der Waals surface area contributed by atoms with E-state index in [1.165, 1.54) is 37.1 Å². The zero-order valence-electron chi connectivity index (χ0n) is 11.2. The van der Waals surface area contributed by atoms with Gasteiger partial charge >= 0.3 is 0 Å². The number of unbranched alkanes of at least 4 members (excludes halogenated alkanes) is 1. The summed E-state index contributed by atoms with van der Waals surface area (Å²) in [4.78, 5) is 0. The van der Waals surface area contributed by atoms with E-state index in [4.69, 9.17) is 0 Å². The third-order valence-electron chi connectivity index (χ3n) is 7.91. The maximum atomic E-state index is 4.00. The molecule has 0 aliphatic heterocycles. The molecule has 1 heteroatoms. The smallest absolute Gasteiger partial charge is 0.0160 e. The Bertz CT molecular complexity index is 378. The Morgan fingerprint density at radius 3 is 2.76 bits per heavy atom. The van der Waals surface area contributed by atoms with Gasteiger partial charge in [0.15, 0.2) is 0 Å². The fraction of sp³-hybridized carbons (Fsp3) is 1.00. The Morgan fingerprint density at radius 1 is 1.12 bits per heavy atom. The number of nitrogens with one attached hydrogen (secondary N) is 1. The van der Waals surface area contributed by atoms with E-state index in [1.54, 1.807) is 12.8 Å². The summed E-state index contributed by atoms with van der Waals surface area (Å²) in [5.74, 6) is 8.06. The van der Waals surface area contributed by atoms with Crippen molar-refractivity contribution in [1.82, 2.24) is 5.32 Å². The topological polar surface area (TPSA) is 12.0 Å². The molecule has 6 rings (SSSR count). The molecule has 0 amide bonds. The van der Waals surface area contributed by atoms with Crippen LogP contribution in [-0.2, 0) is 0 Å². The first-order chi connectivity index (χ1) is 8.28. The molecule has 0 spiro atoms. The Kier molecular flexibility index (Phi) is 1.60. The van der Waals surface area contributed by atoms with Crippen molar-refractivity contribution in [2.24, 2.45) is 46.8 Å². The van der Waals surface area contributed by atoms with Crippen molar-refractivity contribution < 1.29 is 0 Å². The highest BCUT2D eigenvalue weighted by molar-refractivity contribution is 5.33. The first-order valence-electron chi connectivity index (χ1n) is 8.02. The molecule has 5 unspecified atom stereocenters. The minimum Gasteiger partial charge on any atom is -0.313 e. The second kappa shape index (κ2) is 2.76. The Morgan fingerprint density at radius 2 is 2.00 bits per heavy atom. The van der Waals surface area contributed by atoms with E-state index >= 15 is 0 Å². The van der Waals surface area contributed by atoms with Crippen molar-refractivity contribution >= 4 is 0 Å². The fourth-order valence-electron chi connectivity index (χ4n) is 7.92. The Labute approximate surface area is 105 Å². The number of hydrogen-bond donors (Lipinski definition) is 1. The summed E-state index contributed by atoms with van der Waals surface area (Å²) >= 11 is 0. The molecule has 1 nitrogen and oxygen atoms in total. The van der Waals surface area contributed by atoms with Crippen LogP contribution < -0.4 is 5.32 Å². The standard InChI is InChI=1S/C16H25N/c1-3-4-5-17-15-13-10-6-8-9-7-11(12(8)13)16(15,2)14(9)10/h8-15,17H,3-7H2,1-2H3/t8?,9?,10-,11?,12?,13-,14-,15+,16?/m1/s1. The van der Waals surface area contributed by atoms with Gasteiger partial charge in [0.2, 0.25) is 0 Å². The highest BCUT2D eigenvalue weighted by atomic mass is 15.0. The lowest BCUT2D eigenvalue weighted by Gasteiger charge is -2.40. The third kappa shape index (κ3) is 0.785. The molecule has 6 fully saturated rings. The van der Waals surface area contributed by atoms with Gasteiger partial charge in [-0.25, -0.2) is 0 Å². The van der Waals surface area contributed by atoms with Gasteiger partial charge in [-0.05, 0) is 72.6 Å². The van der Waals surface area contributed by atoms with E-state index in [-0.39, 0.29) is 0 Å². The van der Waals surface area contributed by atoms with Crippen LogP contribution >= 0.6 is 0 Å². The highest BCUT2D eigenvalue weighted by Crippen LogP contribution is 2.86. The lowest BCUT2D eigenvalue weighted by atomic mass is 9.64. The van der Waals surface area contributed by atoms with Gasteiger partial charge in [-0.3, -0.25) is 0 Å². The molecule has 6 aliphatic carbocycles. The molecule has 1 N–H and O–H groups in total. The molecule has 6 saturated carbocycles. The number of hydrogen-bond acceptors (Lipinski definition) is 1. The molecule has 0 aromatic rings. The van der Waals surface area contributed by atoms with Gasteiger partial charge in [-0.15, -0.1) is 0 Å². The van der Waals surface area contributed by atoms with Crippen LogP contribution in [0.4, 0.5) is 0 Å². The van der Waals surface area contributed by atoms with Crippen molar-refractivity contribution in [2.45, 2.75) is 45.6 Å². The molecular formula is C16H25N. The minimum atomic E-state index is 0.728. The molecule has 0 saturated heterocycles. The van der Waals surface area contributed by atoms with Crippen LogP contribution in [0.1, 0.15) is 39.5 Å². The normalized spacial score (nSPS) is 68.1. The second-order valence-corrected chi connectivity index (χ2v) is 7.90. The molecular weight excluding hydrogens is 206 g/mol. The summed E-state index contributed by atoms with van der Waals surface area (Å²) in [6.45, 7) is 6.26. The predicted octanol–water partition coefficient (Wildman–Crippen LogP) is 2.91. The van der Waals surface area contributed by atoms with Crippen molar-refractivity contribution in [3.05, 3.63) is 0 Å². The average molecular weight is 231 g/mol. The van der Waals surface area contributed by atoms with E-state index in [2.05, 4.69) is 19.2 Å². The first-order valence-corrected chi connectivity index (χ1v) is 8.02. The van der Waals surface area contributed by atoms with E-state index < -0.39 is 0 Å². The van der Waals surface area contributed by atoms with Crippen LogP contribution in [-0.4, -0.2) is 12.6 Å². The van der Waals surface area contributed by atoms with Crippen molar-refractivity contribution in [3.63, 3.8) is 0 Å². The first kappa shape index (κ1) is 9.83. The SMILES string of the molecule is CCCCN[C@H]1[C@H]2C3C4C[C@H]2[C@H]2C4CC3C21C. The molecule has 0 aromatic heterocycles. The fourth-order valence-corrected chi connectivity index (χ4v) is 7.92. The zero-order valence-corrected chi connectivity index (χ0v) is 11.2. The molecule has 9 atom stereocenters. The highest BCUT2D eigenvalue weighted by Gasteiger charge is 2.84. The summed E-state index contributed by atoms with van der Waals surface area (Å²) in [6, 6.07) is 0.913. The summed E-state index contributed by atoms with van der Waals surface area (Å²) in [5, 5.41) is 4.00. The van der Waals surface area contributed by atoms with Crippen LogP contribution in [0.2, 0.25) is 0 Å². The quantitative estimate of drug-likeness (QED) is 0.734. The Balaban J connectivity index is 1.50. The molecule has 0 heterocycles. The van der Waals surface area contributed by atoms with Crippen LogP contribution in [0.3, 0.4) is 0 Å². The maximum Gasteiger partial charge on any atom is 0.0160 e. The summed E-state index contributed by atoms with van der Waals surface area (Å²) in [5.41, 5.74) is 0.728. The third-order valence-corrected chi connectivity index (χ3v) is 7.91. The monoisotopic (exact) mass is 231 g/mol. The van der Waals surface area contributed by atoms with Crippen LogP contribution in [0.25, 0.3) is 0 Å². The maximum absolute atomic E-state index is 4.00. The largest absolute Gasteiger partial charge is 0.313 e. The van der Waals surface area contributed by atoms with Crippen molar-refractivity contribution in [1.29, 1.82) is 0 Å². The molecule has 0 aromatic carbocycles. The molecule has 6 aliphatic rings. The predicted molar refractivity (Wildman–Crippen MR) is 68.5 cm³/mol. The lowest BCUT2D eigenvalue weighted by molar-refractivity contribution is 0.0653. The van der Waals surface area contributed by atoms with Crippen molar-refractivity contribution in [3.8, 4) is 0 Å². The van der Waals surface area contributed by atoms with E-state index in [1.807, 2.05) is 0 Å². The molecule has 17 heavy (non-hydrogen) atoms. The van der Waals surface area contributed by atoms with E-state index in [9.17, 15) is 0 Å². The van der Waals surface area contributed by atoms with Gasteiger partial charge in [-0.1, -0.05) is 20.3 Å². The second-order valence-electron chi connectivity index (χ2n) is 7.90. The summed E-state index contributed by atoms with van der Waals surface area (Å²) < 4.78 is 0. The van der Waals surface area contributed by atoms with Gasteiger partial charge in [0.1, 0.15) is 0 Å². The zero-order chi connectivity index (χ0) is 11.4. The van der Waals surface area contributed by atoms with E-state index in [0.717, 1.165) is 35.1 Å². The summed E-state index contributed by atoms with van der Waals surface area (Å²) in [6.07, 6.45) is 5.96. The van der Waals surface area contributed by atoms with Gasteiger partial charge in [-0.2, -0.15) is 0 Å². The molecule has 6 bridgehead atoms. The van der Waals surface area contributed by atoms with Gasteiger partial charge in [0.25, 0.3) is 0 Å². The van der Waals surface area contributed by atoms with E-state index in [0.29, 0.717) is 0 Å². The van der Waals surface area contributed by atoms with Crippen LogP contribution in [0.5, 0.6) is 0 Å². The average Bonchev–Trinajstić information content (AvgIpc) is 2.97. The van der Waals surface area contributed by atoms with Gasteiger partial charge < -0.3 is 5.32 Å². The lowest BCUT2D eigenvalue weighted by Crippen LogP contribution is -2.43. The van der Waals surface area contributed by atoms with Gasteiger partial charge in [0, 0.05) is 6.04 Å². The molecule has 94 valence electrons. The minimum absolute atomic E-state index is 0.728. The van der Waals surface area contributed by atoms with Gasteiger partial charge in [0.05, 0.1) is 0 Å². The Hall–Kier alpha value is -0.0400. The number of rotatable bonds is 4. The summed E-state index contributed by atoms with van der Waals surface area (Å²) in [7, 11) is 0. The van der Waals surface area contributed by atoms with Crippen LogP contribution in [0.15, 0.2) is 0 Å².